The summed E-state index contributed by atoms with van der Waals surface area (Å²) in [6.07, 6.45) is 0. The molecular weight excluding hydrogens is 252 g/mol. The van der Waals surface area contributed by atoms with Gasteiger partial charge in [-0.1, -0.05) is 18.2 Å². The molecular formula is C16H14N2O2. The van der Waals surface area contributed by atoms with Gasteiger partial charge in [0.25, 0.3) is 5.91 Å². The molecule has 0 aliphatic rings. The summed E-state index contributed by atoms with van der Waals surface area (Å²) in [5.74, 6) is 0.0577. The van der Waals surface area contributed by atoms with Gasteiger partial charge in [0.2, 0.25) is 0 Å². The highest BCUT2D eigenvalue weighted by Crippen LogP contribution is 2.20. The van der Waals surface area contributed by atoms with Crippen LogP contribution in [0.25, 0.3) is 11.0 Å². The van der Waals surface area contributed by atoms with Crippen LogP contribution in [-0.4, -0.2) is 13.0 Å². The van der Waals surface area contributed by atoms with E-state index >= 15 is 0 Å². The third-order valence-electron chi connectivity index (χ3n) is 3.08. The Kier molecular flexibility index (Phi) is 3.13. The Morgan fingerprint density at radius 1 is 1.00 bits per heavy atom. The predicted octanol–water partition coefficient (Wildman–Crippen LogP) is 3.73. The normalized spacial score (nSPS) is 10.4. The summed E-state index contributed by atoms with van der Waals surface area (Å²) in [6, 6.07) is 16.8. The van der Waals surface area contributed by atoms with Gasteiger partial charge in [-0.25, -0.2) is 0 Å². The zero-order valence-electron chi connectivity index (χ0n) is 11.0. The molecule has 0 aliphatic heterocycles. The van der Waals surface area contributed by atoms with Crippen molar-refractivity contribution < 1.29 is 9.21 Å². The Balaban J connectivity index is 1.81. The summed E-state index contributed by atoms with van der Waals surface area (Å²) in [5.41, 5.74) is 2.43. The quantitative estimate of drug-likeness (QED) is 0.759. The smallest absolute Gasteiger partial charge is 0.291 e. The van der Waals surface area contributed by atoms with E-state index in [0.717, 1.165) is 16.8 Å². The Labute approximate surface area is 116 Å². The lowest BCUT2D eigenvalue weighted by atomic mass is 10.2. The van der Waals surface area contributed by atoms with Crippen LogP contribution in [0.15, 0.2) is 59.0 Å². The Bertz CT molecular complexity index is 712. The zero-order chi connectivity index (χ0) is 13.9. The number of carbonyl (C=O) groups is 1. The first-order chi connectivity index (χ1) is 9.76. The molecule has 1 amide bonds. The zero-order valence-corrected chi connectivity index (χ0v) is 11.0. The molecule has 0 saturated carbocycles. The molecule has 0 fully saturated rings. The van der Waals surface area contributed by atoms with Crippen molar-refractivity contribution >= 4 is 28.3 Å². The maximum atomic E-state index is 12.1. The van der Waals surface area contributed by atoms with E-state index in [1.807, 2.05) is 55.6 Å². The molecule has 3 rings (SSSR count). The fourth-order valence-electron chi connectivity index (χ4n) is 2.01. The molecule has 3 aromatic rings. The minimum absolute atomic E-state index is 0.251. The second-order valence-corrected chi connectivity index (χ2v) is 4.43. The number of anilines is 2. The number of fused-ring (bicyclic) bond motifs is 1. The molecule has 0 spiro atoms. The third kappa shape index (κ3) is 2.36. The fourth-order valence-corrected chi connectivity index (χ4v) is 2.01. The van der Waals surface area contributed by atoms with Gasteiger partial charge in [0, 0.05) is 23.8 Å². The number of hydrogen-bond donors (Lipinski definition) is 2. The maximum Gasteiger partial charge on any atom is 0.291 e. The van der Waals surface area contributed by atoms with Gasteiger partial charge in [-0.2, -0.15) is 0 Å². The van der Waals surface area contributed by atoms with Crippen LogP contribution in [0.4, 0.5) is 11.4 Å². The number of benzene rings is 2. The van der Waals surface area contributed by atoms with Gasteiger partial charge >= 0.3 is 0 Å². The number of furan rings is 1. The minimum Gasteiger partial charge on any atom is -0.451 e. The van der Waals surface area contributed by atoms with Crippen LogP contribution < -0.4 is 10.6 Å². The highest BCUT2D eigenvalue weighted by Gasteiger charge is 2.12. The number of rotatable bonds is 3. The summed E-state index contributed by atoms with van der Waals surface area (Å²) in [4.78, 5) is 12.1. The largest absolute Gasteiger partial charge is 0.451 e. The fraction of sp³-hybridized carbons (Fsp3) is 0.0625. The van der Waals surface area contributed by atoms with E-state index in [-0.39, 0.29) is 5.91 Å². The standard InChI is InChI=1S/C16H14N2O2/c1-17-12-6-8-13(9-7-12)18-16(19)15-10-11-4-2-3-5-14(11)20-15/h2-10,17H,1H3,(H,18,19). The van der Waals surface area contributed by atoms with Gasteiger partial charge in [0.05, 0.1) is 0 Å². The molecule has 1 aromatic heterocycles. The molecule has 20 heavy (non-hydrogen) atoms. The second kappa shape index (κ2) is 5.09. The molecule has 4 heteroatoms. The molecule has 0 saturated heterocycles. The average Bonchev–Trinajstić information content (AvgIpc) is 2.92. The van der Waals surface area contributed by atoms with E-state index in [1.54, 1.807) is 6.07 Å². The van der Waals surface area contributed by atoms with Crippen molar-refractivity contribution in [1.82, 2.24) is 0 Å². The van der Waals surface area contributed by atoms with Crippen molar-refractivity contribution in [3.05, 3.63) is 60.4 Å². The molecule has 0 atom stereocenters. The second-order valence-electron chi connectivity index (χ2n) is 4.43. The van der Waals surface area contributed by atoms with Gasteiger partial charge in [-0.3, -0.25) is 4.79 Å². The first-order valence-corrected chi connectivity index (χ1v) is 6.34. The summed E-state index contributed by atoms with van der Waals surface area (Å²) >= 11 is 0. The SMILES string of the molecule is CNc1ccc(NC(=O)c2cc3ccccc3o2)cc1. The van der Waals surface area contributed by atoms with E-state index in [2.05, 4.69) is 10.6 Å². The highest BCUT2D eigenvalue weighted by atomic mass is 16.3. The van der Waals surface area contributed by atoms with Crippen molar-refractivity contribution in [2.24, 2.45) is 0 Å². The summed E-state index contributed by atoms with van der Waals surface area (Å²) in [7, 11) is 1.85. The lowest BCUT2D eigenvalue weighted by Crippen LogP contribution is -2.10. The summed E-state index contributed by atoms with van der Waals surface area (Å²) in [6.45, 7) is 0. The van der Waals surface area contributed by atoms with E-state index in [9.17, 15) is 4.79 Å². The predicted molar refractivity (Wildman–Crippen MR) is 80.2 cm³/mol. The van der Waals surface area contributed by atoms with Crippen LogP contribution in [0.1, 0.15) is 10.6 Å². The average molecular weight is 266 g/mol. The Morgan fingerprint density at radius 3 is 2.40 bits per heavy atom. The van der Waals surface area contributed by atoms with Crippen LogP contribution in [-0.2, 0) is 0 Å². The minimum atomic E-state index is -0.251. The van der Waals surface area contributed by atoms with Crippen molar-refractivity contribution in [2.75, 3.05) is 17.7 Å². The maximum absolute atomic E-state index is 12.1. The lowest BCUT2D eigenvalue weighted by molar-refractivity contribution is 0.0998. The van der Waals surface area contributed by atoms with E-state index < -0.39 is 0 Å². The van der Waals surface area contributed by atoms with E-state index in [1.165, 1.54) is 0 Å². The number of amides is 1. The van der Waals surface area contributed by atoms with Crippen molar-refractivity contribution in [2.45, 2.75) is 0 Å². The van der Waals surface area contributed by atoms with Crippen LogP contribution in [0.2, 0.25) is 0 Å². The highest BCUT2D eigenvalue weighted by molar-refractivity contribution is 6.04. The van der Waals surface area contributed by atoms with E-state index in [0.29, 0.717) is 11.3 Å². The monoisotopic (exact) mass is 266 g/mol. The van der Waals surface area contributed by atoms with Crippen molar-refractivity contribution in [3.63, 3.8) is 0 Å². The molecule has 4 nitrogen and oxygen atoms in total. The number of carbonyl (C=O) groups excluding carboxylic acids is 1. The van der Waals surface area contributed by atoms with Gasteiger partial charge in [-0.15, -0.1) is 0 Å². The molecule has 1 heterocycles. The number of nitrogens with one attached hydrogen (secondary N) is 2. The molecule has 0 unspecified atom stereocenters. The molecule has 2 N–H and O–H groups in total. The molecule has 0 radical (unpaired) electrons. The number of para-hydroxylation sites is 1. The first-order valence-electron chi connectivity index (χ1n) is 6.34. The Morgan fingerprint density at radius 2 is 1.70 bits per heavy atom. The van der Waals surface area contributed by atoms with Gasteiger partial charge in [0.1, 0.15) is 5.58 Å². The van der Waals surface area contributed by atoms with Crippen LogP contribution in [0, 0.1) is 0 Å². The van der Waals surface area contributed by atoms with Crippen molar-refractivity contribution in [1.29, 1.82) is 0 Å². The Hall–Kier alpha value is -2.75. The third-order valence-corrected chi connectivity index (χ3v) is 3.08. The van der Waals surface area contributed by atoms with Crippen LogP contribution in [0.5, 0.6) is 0 Å². The molecule has 0 bridgehead atoms. The molecule has 0 aliphatic carbocycles. The number of hydrogen-bond acceptors (Lipinski definition) is 3. The first kappa shape index (κ1) is 12.3. The van der Waals surface area contributed by atoms with Crippen LogP contribution >= 0.6 is 0 Å². The van der Waals surface area contributed by atoms with Gasteiger partial charge < -0.3 is 15.1 Å². The topological polar surface area (TPSA) is 54.3 Å². The van der Waals surface area contributed by atoms with E-state index in [4.69, 9.17) is 4.42 Å². The van der Waals surface area contributed by atoms with Gasteiger partial charge in [-0.05, 0) is 36.4 Å². The summed E-state index contributed by atoms with van der Waals surface area (Å²) < 4.78 is 5.52. The van der Waals surface area contributed by atoms with Crippen molar-refractivity contribution in [3.8, 4) is 0 Å². The summed E-state index contributed by atoms with van der Waals surface area (Å²) in [5, 5.41) is 6.76. The van der Waals surface area contributed by atoms with Crippen LogP contribution in [0.3, 0.4) is 0 Å². The molecule has 2 aromatic carbocycles. The van der Waals surface area contributed by atoms with Gasteiger partial charge in [0.15, 0.2) is 5.76 Å². The lowest BCUT2D eigenvalue weighted by Gasteiger charge is -2.04. The molecule has 100 valence electrons.